The molecule has 0 aliphatic rings. The number of esters is 1. The number of ether oxygens (including phenoxy) is 1. The lowest BCUT2D eigenvalue weighted by atomic mass is 10.1. The summed E-state index contributed by atoms with van der Waals surface area (Å²) >= 11 is 0. The fraction of sp³-hybridized carbons (Fsp3) is 0.176. The number of carbonyl (C=O) groups is 2. The normalized spacial score (nSPS) is 11.6. The van der Waals surface area contributed by atoms with Gasteiger partial charge in [0.2, 0.25) is 0 Å². The molecule has 6 heteroatoms. The summed E-state index contributed by atoms with van der Waals surface area (Å²) < 4.78 is 18.1. The molecule has 0 bridgehead atoms. The summed E-state index contributed by atoms with van der Waals surface area (Å²) in [7, 11) is 0. The number of benzene rings is 2. The van der Waals surface area contributed by atoms with Crippen LogP contribution in [0.25, 0.3) is 0 Å². The lowest BCUT2D eigenvalue weighted by Crippen LogP contribution is -2.30. The molecule has 23 heavy (non-hydrogen) atoms. The predicted molar refractivity (Wildman–Crippen MR) is 82.8 cm³/mol. The summed E-state index contributed by atoms with van der Waals surface area (Å²) in [6.45, 7) is 3.15. The van der Waals surface area contributed by atoms with Gasteiger partial charge in [-0.15, -0.1) is 0 Å². The predicted octanol–water partition coefficient (Wildman–Crippen LogP) is 3.02. The number of phenols is 1. The lowest BCUT2D eigenvalue weighted by molar-refractivity contribution is -0.123. The van der Waals surface area contributed by atoms with Crippen LogP contribution in [0.1, 0.15) is 22.8 Å². The van der Waals surface area contributed by atoms with Gasteiger partial charge in [-0.05, 0) is 44.2 Å². The van der Waals surface area contributed by atoms with E-state index >= 15 is 0 Å². The first-order chi connectivity index (χ1) is 10.9. The maximum Gasteiger partial charge on any atom is 0.342 e. The second-order valence-electron chi connectivity index (χ2n) is 5.07. The van der Waals surface area contributed by atoms with Gasteiger partial charge in [0.15, 0.2) is 6.10 Å². The minimum absolute atomic E-state index is 0.0181. The van der Waals surface area contributed by atoms with E-state index in [2.05, 4.69) is 5.32 Å². The van der Waals surface area contributed by atoms with Crippen molar-refractivity contribution in [1.82, 2.24) is 0 Å². The third-order valence-electron chi connectivity index (χ3n) is 3.12. The van der Waals surface area contributed by atoms with Crippen LogP contribution in [0.2, 0.25) is 0 Å². The quantitative estimate of drug-likeness (QED) is 0.850. The van der Waals surface area contributed by atoms with Crippen molar-refractivity contribution in [3.05, 3.63) is 59.4 Å². The van der Waals surface area contributed by atoms with Crippen molar-refractivity contribution in [2.24, 2.45) is 0 Å². The van der Waals surface area contributed by atoms with E-state index in [0.717, 1.165) is 11.6 Å². The van der Waals surface area contributed by atoms with Crippen LogP contribution in [-0.2, 0) is 9.53 Å². The number of aromatic hydroxyl groups is 1. The van der Waals surface area contributed by atoms with Crippen molar-refractivity contribution >= 4 is 17.6 Å². The topological polar surface area (TPSA) is 75.6 Å². The number of anilines is 1. The Morgan fingerprint density at radius 3 is 2.65 bits per heavy atom. The monoisotopic (exact) mass is 317 g/mol. The van der Waals surface area contributed by atoms with Crippen LogP contribution >= 0.6 is 0 Å². The molecule has 2 aromatic rings. The molecule has 2 aromatic carbocycles. The Morgan fingerprint density at radius 1 is 1.22 bits per heavy atom. The van der Waals surface area contributed by atoms with Crippen molar-refractivity contribution in [2.75, 3.05) is 5.32 Å². The highest BCUT2D eigenvalue weighted by molar-refractivity contribution is 5.98. The smallest absolute Gasteiger partial charge is 0.342 e. The van der Waals surface area contributed by atoms with E-state index in [1.807, 2.05) is 0 Å². The molecule has 120 valence electrons. The molecule has 5 nitrogen and oxygen atoms in total. The number of hydrogen-bond donors (Lipinski definition) is 2. The van der Waals surface area contributed by atoms with Gasteiger partial charge in [-0.2, -0.15) is 0 Å². The minimum Gasteiger partial charge on any atom is -0.507 e. The van der Waals surface area contributed by atoms with Gasteiger partial charge in [0.25, 0.3) is 5.91 Å². The van der Waals surface area contributed by atoms with E-state index in [0.29, 0.717) is 0 Å². The molecule has 0 heterocycles. The van der Waals surface area contributed by atoms with E-state index in [4.69, 9.17) is 4.74 Å². The number of hydrogen-bond acceptors (Lipinski definition) is 4. The Bertz CT molecular complexity index is 745. The van der Waals surface area contributed by atoms with E-state index in [-0.39, 0.29) is 17.0 Å². The molecule has 1 atom stereocenters. The van der Waals surface area contributed by atoms with Crippen molar-refractivity contribution in [1.29, 1.82) is 0 Å². The third-order valence-corrected chi connectivity index (χ3v) is 3.12. The molecule has 1 amide bonds. The summed E-state index contributed by atoms with van der Waals surface area (Å²) in [5.74, 6) is -2.13. The van der Waals surface area contributed by atoms with E-state index in [9.17, 15) is 19.1 Å². The molecule has 0 fully saturated rings. The summed E-state index contributed by atoms with van der Waals surface area (Å²) in [6.07, 6.45) is -1.11. The van der Waals surface area contributed by atoms with Gasteiger partial charge in [-0.3, -0.25) is 4.79 Å². The first-order valence-corrected chi connectivity index (χ1v) is 6.94. The summed E-state index contributed by atoms with van der Waals surface area (Å²) in [6, 6.07) is 9.86. The van der Waals surface area contributed by atoms with Crippen LogP contribution in [0.15, 0.2) is 42.5 Å². The number of halogens is 1. The second kappa shape index (κ2) is 6.91. The number of nitrogens with one attached hydrogen (secondary N) is 1. The number of carbonyl (C=O) groups excluding carboxylic acids is 2. The van der Waals surface area contributed by atoms with Crippen LogP contribution in [0.3, 0.4) is 0 Å². The second-order valence-corrected chi connectivity index (χ2v) is 5.07. The summed E-state index contributed by atoms with van der Waals surface area (Å²) in [5.41, 5.74) is 1.01. The van der Waals surface area contributed by atoms with Gasteiger partial charge < -0.3 is 15.2 Å². The SMILES string of the molecule is Cc1ccc(O)c(C(=O)O[C@@H](C)C(=O)Nc2cccc(F)c2)c1. The van der Waals surface area contributed by atoms with Crippen LogP contribution in [-0.4, -0.2) is 23.1 Å². The summed E-state index contributed by atoms with van der Waals surface area (Å²) in [5, 5.41) is 12.1. The molecule has 2 N–H and O–H groups in total. The molecule has 0 aliphatic heterocycles. The molecular weight excluding hydrogens is 301 g/mol. The minimum atomic E-state index is -1.11. The molecule has 0 saturated heterocycles. The first kappa shape index (κ1) is 16.5. The average Bonchev–Trinajstić information content (AvgIpc) is 2.49. The lowest BCUT2D eigenvalue weighted by Gasteiger charge is -2.14. The zero-order valence-electron chi connectivity index (χ0n) is 12.7. The zero-order valence-corrected chi connectivity index (χ0v) is 12.7. The Labute approximate surface area is 132 Å². The van der Waals surface area contributed by atoms with E-state index in [1.165, 1.54) is 37.3 Å². The van der Waals surface area contributed by atoms with E-state index < -0.39 is 23.8 Å². The molecular formula is C17H16FNO4. The number of amides is 1. The summed E-state index contributed by atoms with van der Waals surface area (Å²) in [4.78, 5) is 24.0. The van der Waals surface area contributed by atoms with Gasteiger partial charge in [-0.1, -0.05) is 17.7 Å². The van der Waals surface area contributed by atoms with Gasteiger partial charge in [0.05, 0.1) is 0 Å². The molecule has 0 unspecified atom stereocenters. The van der Waals surface area contributed by atoms with Gasteiger partial charge in [-0.25, -0.2) is 9.18 Å². The Morgan fingerprint density at radius 2 is 1.96 bits per heavy atom. The average molecular weight is 317 g/mol. The molecule has 0 saturated carbocycles. The van der Waals surface area contributed by atoms with Gasteiger partial charge >= 0.3 is 5.97 Å². The fourth-order valence-corrected chi connectivity index (χ4v) is 1.90. The van der Waals surface area contributed by atoms with Crippen molar-refractivity contribution < 1.29 is 23.8 Å². The van der Waals surface area contributed by atoms with Gasteiger partial charge in [0.1, 0.15) is 17.1 Å². The zero-order chi connectivity index (χ0) is 17.0. The standard InChI is InChI=1S/C17H16FNO4/c1-10-6-7-15(20)14(8-10)17(22)23-11(2)16(21)19-13-5-3-4-12(18)9-13/h3-9,11,20H,1-2H3,(H,19,21)/t11-/m0/s1. The molecule has 0 radical (unpaired) electrons. The first-order valence-electron chi connectivity index (χ1n) is 6.94. The largest absolute Gasteiger partial charge is 0.507 e. The molecule has 0 aliphatic carbocycles. The Kier molecular flexibility index (Phi) is 4.95. The molecule has 2 rings (SSSR count). The van der Waals surface area contributed by atoms with Crippen LogP contribution < -0.4 is 5.32 Å². The van der Waals surface area contributed by atoms with Crippen LogP contribution in [0, 0.1) is 12.7 Å². The third kappa shape index (κ3) is 4.29. The van der Waals surface area contributed by atoms with Crippen LogP contribution in [0.5, 0.6) is 5.75 Å². The highest BCUT2D eigenvalue weighted by Gasteiger charge is 2.21. The highest BCUT2D eigenvalue weighted by atomic mass is 19.1. The molecule has 0 spiro atoms. The maximum atomic E-state index is 13.1. The highest BCUT2D eigenvalue weighted by Crippen LogP contribution is 2.20. The van der Waals surface area contributed by atoms with E-state index in [1.54, 1.807) is 13.0 Å². The Hall–Kier alpha value is -2.89. The van der Waals surface area contributed by atoms with Crippen LogP contribution in [0.4, 0.5) is 10.1 Å². The number of phenolic OH excluding ortho intramolecular Hbond substituents is 1. The Balaban J connectivity index is 2.03. The number of aryl methyl sites for hydroxylation is 1. The fourth-order valence-electron chi connectivity index (χ4n) is 1.90. The van der Waals surface area contributed by atoms with Crippen molar-refractivity contribution in [2.45, 2.75) is 20.0 Å². The van der Waals surface area contributed by atoms with Gasteiger partial charge in [0, 0.05) is 5.69 Å². The number of rotatable bonds is 4. The van der Waals surface area contributed by atoms with Crippen molar-refractivity contribution in [3.8, 4) is 5.75 Å². The maximum absolute atomic E-state index is 13.1. The van der Waals surface area contributed by atoms with Crippen molar-refractivity contribution in [3.63, 3.8) is 0 Å². The molecule has 0 aromatic heterocycles.